The highest BCUT2D eigenvalue weighted by Crippen LogP contribution is 2.14. The number of nitriles is 1. The van der Waals surface area contributed by atoms with Crippen molar-refractivity contribution >= 4 is 38.4 Å². The van der Waals surface area contributed by atoms with E-state index in [1.807, 2.05) is 0 Å². The summed E-state index contributed by atoms with van der Waals surface area (Å²) in [7, 11) is -2.54. The molecule has 1 aromatic rings. The Balaban J connectivity index is 3.39. The number of benzene rings is 1. The van der Waals surface area contributed by atoms with Gasteiger partial charge in [0, 0.05) is 5.02 Å². The smallest absolute Gasteiger partial charge is 0.196 e. The second kappa shape index (κ2) is 5.17. The lowest BCUT2D eigenvalue weighted by Gasteiger charge is -2.02. The molecular formula is C9H5Cl2NO2S. The van der Waals surface area contributed by atoms with Gasteiger partial charge in [0.25, 0.3) is 0 Å². The van der Waals surface area contributed by atoms with E-state index in [4.69, 9.17) is 28.5 Å². The van der Waals surface area contributed by atoms with E-state index in [9.17, 15) is 8.42 Å². The van der Waals surface area contributed by atoms with E-state index in [1.54, 1.807) is 18.2 Å². The van der Waals surface area contributed by atoms with Crippen LogP contribution in [0.3, 0.4) is 0 Å². The summed E-state index contributed by atoms with van der Waals surface area (Å²) in [5.74, 6) is 0. The van der Waals surface area contributed by atoms with Crippen LogP contribution in [-0.2, 0) is 10.3 Å². The maximum atomic E-state index is 10.9. The molecule has 0 fully saturated rings. The summed E-state index contributed by atoms with van der Waals surface area (Å²) < 4.78 is 21.8. The molecule has 78 valence electrons. The lowest BCUT2D eigenvalue weighted by atomic mass is 10.1. The molecule has 0 radical (unpaired) electrons. The number of halogens is 2. The Hall–Kier alpha value is -1.02. The van der Waals surface area contributed by atoms with Crippen LogP contribution < -0.4 is 0 Å². The van der Waals surface area contributed by atoms with Gasteiger partial charge in [0.15, 0.2) is 5.38 Å². The van der Waals surface area contributed by atoms with E-state index in [0.29, 0.717) is 10.6 Å². The second-order valence-corrected chi connectivity index (χ2v) is 4.38. The van der Waals surface area contributed by atoms with Crippen LogP contribution in [0, 0.1) is 11.3 Å². The Morgan fingerprint density at radius 3 is 2.60 bits per heavy atom. The minimum atomic E-state index is -2.54. The number of hydrogen-bond acceptors (Lipinski definition) is 3. The van der Waals surface area contributed by atoms with Gasteiger partial charge in [-0.2, -0.15) is 13.7 Å². The minimum Gasteiger partial charge on any atom is -0.196 e. The fourth-order valence-electron chi connectivity index (χ4n) is 1.03. The third-order valence-corrected chi connectivity index (χ3v) is 3.14. The normalized spacial score (nSPS) is 11.5. The molecule has 0 aromatic heterocycles. The first kappa shape index (κ1) is 12.1. The highest BCUT2D eigenvalue weighted by Gasteiger charge is 2.16. The molecule has 0 bridgehead atoms. The van der Waals surface area contributed by atoms with E-state index < -0.39 is 15.7 Å². The van der Waals surface area contributed by atoms with Gasteiger partial charge in [0.05, 0.1) is 6.07 Å². The lowest BCUT2D eigenvalue weighted by Crippen LogP contribution is -2.15. The van der Waals surface area contributed by atoms with Crippen molar-refractivity contribution in [2.75, 3.05) is 0 Å². The molecule has 3 nitrogen and oxygen atoms in total. The summed E-state index contributed by atoms with van der Waals surface area (Å²) in [6, 6.07) is 7.82. The molecule has 0 heterocycles. The number of alkyl halides is 1. The van der Waals surface area contributed by atoms with Crippen molar-refractivity contribution in [1.82, 2.24) is 0 Å². The van der Waals surface area contributed by atoms with Crippen molar-refractivity contribution in [3.05, 3.63) is 34.9 Å². The Morgan fingerprint density at radius 1 is 1.47 bits per heavy atom. The van der Waals surface area contributed by atoms with Crippen LogP contribution in [0.1, 0.15) is 5.56 Å². The lowest BCUT2D eigenvalue weighted by molar-refractivity contribution is 0.627. The number of nitrogens with zero attached hydrogens (tertiary/aromatic N) is 1. The third-order valence-electron chi connectivity index (χ3n) is 1.63. The first-order chi connectivity index (χ1) is 7.06. The molecule has 1 atom stereocenters. The van der Waals surface area contributed by atoms with Crippen LogP contribution in [0.25, 0.3) is 0 Å². The zero-order valence-corrected chi connectivity index (χ0v) is 9.64. The third kappa shape index (κ3) is 2.96. The molecule has 1 unspecified atom stereocenters. The fourth-order valence-corrected chi connectivity index (χ4v) is 2.10. The Morgan fingerprint density at radius 2 is 2.13 bits per heavy atom. The number of hydrogen-bond donors (Lipinski definition) is 0. The molecule has 0 amide bonds. The Kier molecular flexibility index (Phi) is 4.15. The standard InChI is InChI=1S/C9H5Cl2NO2S/c10-7-3-1-2-6(4-7)9(15(13)14)8(11)5-12/h1-4,8H. The first-order valence-corrected chi connectivity index (χ1v) is 5.71. The molecule has 0 N–H and O–H groups in total. The van der Waals surface area contributed by atoms with Crippen LogP contribution >= 0.6 is 23.2 Å². The van der Waals surface area contributed by atoms with Gasteiger partial charge < -0.3 is 0 Å². The Bertz CT molecular complexity index is 537. The van der Waals surface area contributed by atoms with Crippen molar-refractivity contribution in [3.8, 4) is 6.07 Å². The van der Waals surface area contributed by atoms with Crippen molar-refractivity contribution in [1.29, 1.82) is 5.26 Å². The monoisotopic (exact) mass is 261 g/mol. The molecular weight excluding hydrogens is 257 g/mol. The van der Waals surface area contributed by atoms with Gasteiger partial charge in [-0.15, -0.1) is 11.6 Å². The predicted octanol–water partition coefficient (Wildman–Crippen LogP) is 1.87. The van der Waals surface area contributed by atoms with Crippen LogP contribution in [0.4, 0.5) is 0 Å². The van der Waals surface area contributed by atoms with E-state index in [2.05, 4.69) is 0 Å². The average Bonchev–Trinajstić information content (AvgIpc) is 2.17. The summed E-state index contributed by atoms with van der Waals surface area (Å²) in [5.41, 5.74) is 0.331. The zero-order chi connectivity index (χ0) is 11.4. The average molecular weight is 262 g/mol. The SMILES string of the molecule is N#CC(Cl)C(c1cccc(Cl)c1)=S(=O)=O. The van der Waals surface area contributed by atoms with Gasteiger partial charge in [0.2, 0.25) is 10.3 Å². The summed E-state index contributed by atoms with van der Waals surface area (Å²) in [5, 5.41) is 7.76. The quantitative estimate of drug-likeness (QED) is 0.464. The second-order valence-electron chi connectivity index (χ2n) is 2.60. The van der Waals surface area contributed by atoms with E-state index >= 15 is 0 Å². The van der Waals surface area contributed by atoms with Gasteiger partial charge >= 0.3 is 0 Å². The zero-order valence-electron chi connectivity index (χ0n) is 7.31. The highest BCUT2D eigenvalue weighted by atomic mass is 35.5. The molecule has 0 saturated carbocycles. The molecule has 6 heteroatoms. The van der Waals surface area contributed by atoms with Gasteiger partial charge in [0.1, 0.15) is 4.86 Å². The van der Waals surface area contributed by atoms with Crippen molar-refractivity contribution in [2.45, 2.75) is 5.38 Å². The van der Waals surface area contributed by atoms with Gasteiger partial charge in [-0.05, 0) is 17.7 Å². The summed E-state index contributed by atoms with van der Waals surface area (Å²) in [4.78, 5) is -0.165. The van der Waals surface area contributed by atoms with Gasteiger partial charge in [-0.3, -0.25) is 0 Å². The molecule has 15 heavy (non-hydrogen) atoms. The Labute approximate surface area is 98.4 Å². The maximum Gasteiger partial charge on any atom is 0.220 e. The fraction of sp³-hybridized carbons (Fsp3) is 0.111. The summed E-state index contributed by atoms with van der Waals surface area (Å²) in [6.45, 7) is 0. The van der Waals surface area contributed by atoms with E-state index in [-0.39, 0.29) is 4.86 Å². The summed E-state index contributed by atoms with van der Waals surface area (Å²) >= 11 is 11.3. The van der Waals surface area contributed by atoms with Crippen molar-refractivity contribution in [2.24, 2.45) is 0 Å². The molecule has 0 aliphatic rings. The van der Waals surface area contributed by atoms with E-state index in [1.165, 1.54) is 12.1 Å². The van der Waals surface area contributed by atoms with Crippen LogP contribution in [0.15, 0.2) is 24.3 Å². The van der Waals surface area contributed by atoms with Crippen LogP contribution in [0.5, 0.6) is 0 Å². The van der Waals surface area contributed by atoms with Crippen molar-refractivity contribution in [3.63, 3.8) is 0 Å². The van der Waals surface area contributed by atoms with Crippen molar-refractivity contribution < 1.29 is 8.42 Å². The summed E-state index contributed by atoms with van der Waals surface area (Å²) in [6.07, 6.45) is 0. The first-order valence-electron chi connectivity index (χ1n) is 3.82. The topological polar surface area (TPSA) is 57.9 Å². The van der Waals surface area contributed by atoms with E-state index in [0.717, 1.165) is 0 Å². The molecule has 0 aliphatic heterocycles. The maximum absolute atomic E-state index is 10.9. The molecule has 1 aromatic carbocycles. The molecule has 1 rings (SSSR count). The van der Waals surface area contributed by atoms with Crippen LogP contribution in [-0.4, -0.2) is 18.7 Å². The predicted molar refractivity (Wildman–Crippen MR) is 59.7 cm³/mol. The molecule has 0 saturated heterocycles. The van der Waals surface area contributed by atoms with Crippen LogP contribution in [0.2, 0.25) is 5.02 Å². The van der Waals surface area contributed by atoms with Gasteiger partial charge in [-0.25, -0.2) is 0 Å². The van der Waals surface area contributed by atoms with Gasteiger partial charge in [-0.1, -0.05) is 23.7 Å². The largest absolute Gasteiger partial charge is 0.220 e. The number of rotatable bonds is 2. The molecule has 0 spiro atoms. The highest BCUT2D eigenvalue weighted by molar-refractivity contribution is 7.73. The molecule has 0 aliphatic carbocycles. The minimum absolute atomic E-state index is 0.165.